The summed E-state index contributed by atoms with van der Waals surface area (Å²) < 4.78 is 19.0. The number of halogens is 3. The number of benzene rings is 3. The van der Waals surface area contributed by atoms with Gasteiger partial charge in [-0.25, -0.2) is 4.39 Å². The molecule has 3 rings (SSSR count). The summed E-state index contributed by atoms with van der Waals surface area (Å²) in [4.78, 5) is 11.9. The maximum absolute atomic E-state index is 13.6. The fourth-order valence-corrected chi connectivity index (χ4v) is 2.93. The van der Waals surface area contributed by atoms with E-state index < -0.39 is 11.7 Å². The first-order chi connectivity index (χ1) is 13.5. The zero-order valence-corrected chi connectivity index (χ0v) is 16.2. The molecule has 0 saturated carbocycles. The fraction of sp³-hybridized carbons (Fsp3) is 0.0952. The van der Waals surface area contributed by atoms with Gasteiger partial charge in [0.15, 0.2) is 6.61 Å². The van der Waals surface area contributed by atoms with Gasteiger partial charge in [-0.15, -0.1) is 0 Å². The number of carbonyl (C=O) groups excluding carboxylic acids is 1. The minimum absolute atomic E-state index is 0.100. The Morgan fingerprint density at radius 2 is 1.64 bits per heavy atom. The largest absolute Gasteiger partial charge is 0.482 e. The molecule has 0 atom stereocenters. The molecular weight excluding hydrogens is 402 g/mol. The summed E-state index contributed by atoms with van der Waals surface area (Å²) in [6, 6.07) is 18.6. The Kier molecular flexibility index (Phi) is 6.74. The Hall–Kier alpha value is -2.76. The van der Waals surface area contributed by atoms with Crippen molar-refractivity contribution in [3.8, 4) is 5.75 Å². The first-order valence-corrected chi connectivity index (χ1v) is 9.22. The number of hydrogen-bond acceptors (Lipinski definition) is 3. The van der Waals surface area contributed by atoms with Gasteiger partial charge in [-0.05, 0) is 42.0 Å². The van der Waals surface area contributed by atoms with Crippen molar-refractivity contribution in [2.75, 3.05) is 17.2 Å². The summed E-state index contributed by atoms with van der Waals surface area (Å²) in [6.45, 7) is 0.239. The van der Waals surface area contributed by atoms with Gasteiger partial charge >= 0.3 is 0 Å². The third kappa shape index (κ3) is 5.38. The molecule has 0 aliphatic carbocycles. The van der Waals surface area contributed by atoms with Gasteiger partial charge in [0.1, 0.15) is 11.6 Å². The lowest BCUT2D eigenvalue weighted by Gasteiger charge is -2.12. The average molecular weight is 419 g/mol. The van der Waals surface area contributed by atoms with Crippen LogP contribution in [0.1, 0.15) is 5.56 Å². The molecule has 1 amide bonds. The van der Waals surface area contributed by atoms with E-state index >= 15 is 0 Å². The molecule has 0 bridgehead atoms. The van der Waals surface area contributed by atoms with Crippen LogP contribution in [-0.4, -0.2) is 12.5 Å². The van der Waals surface area contributed by atoms with Gasteiger partial charge < -0.3 is 15.4 Å². The molecule has 0 spiro atoms. The van der Waals surface area contributed by atoms with Crippen molar-refractivity contribution >= 4 is 40.5 Å². The van der Waals surface area contributed by atoms with Crippen molar-refractivity contribution in [2.45, 2.75) is 6.54 Å². The second-order valence-corrected chi connectivity index (χ2v) is 6.73. The fourth-order valence-electron chi connectivity index (χ4n) is 2.47. The van der Waals surface area contributed by atoms with E-state index in [1.54, 1.807) is 30.3 Å². The summed E-state index contributed by atoms with van der Waals surface area (Å²) in [7, 11) is 0. The van der Waals surface area contributed by atoms with E-state index in [-0.39, 0.29) is 12.3 Å². The van der Waals surface area contributed by atoms with E-state index in [9.17, 15) is 9.18 Å². The van der Waals surface area contributed by atoms with Crippen LogP contribution in [0, 0.1) is 5.82 Å². The highest BCUT2D eigenvalue weighted by Gasteiger charge is 2.09. The molecule has 2 N–H and O–H groups in total. The molecule has 0 saturated heterocycles. The SMILES string of the molecule is O=C(COc1ccc(CNc2ccccc2Cl)cc1Cl)Nc1ccccc1F. The van der Waals surface area contributed by atoms with E-state index in [0.29, 0.717) is 22.3 Å². The Morgan fingerprint density at radius 3 is 2.36 bits per heavy atom. The van der Waals surface area contributed by atoms with Crippen molar-refractivity contribution in [3.63, 3.8) is 0 Å². The van der Waals surface area contributed by atoms with Gasteiger partial charge in [0.25, 0.3) is 5.91 Å². The molecule has 4 nitrogen and oxygen atoms in total. The van der Waals surface area contributed by atoms with E-state index in [1.165, 1.54) is 12.1 Å². The van der Waals surface area contributed by atoms with Crippen LogP contribution in [0.4, 0.5) is 15.8 Å². The second-order valence-electron chi connectivity index (χ2n) is 5.91. The van der Waals surface area contributed by atoms with Crippen LogP contribution in [0.5, 0.6) is 5.75 Å². The number of para-hydroxylation sites is 2. The van der Waals surface area contributed by atoms with Crippen LogP contribution in [-0.2, 0) is 11.3 Å². The molecule has 3 aromatic carbocycles. The number of hydrogen-bond donors (Lipinski definition) is 2. The van der Waals surface area contributed by atoms with Crippen molar-refractivity contribution in [2.24, 2.45) is 0 Å². The van der Waals surface area contributed by atoms with Crippen LogP contribution in [0.3, 0.4) is 0 Å². The predicted octanol–water partition coefficient (Wildman–Crippen LogP) is 5.76. The second kappa shape index (κ2) is 9.44. The monoisotopic (exact) mass is 418 g/mol. The zero-order chi connectivity index (χ0) is 19.9. The highest BCUT2D eigenvalue weighted by molar-refractivity contribution is 6.33. The van der Waals surface area contributed by atoms with Gasteiger partial charge in [0.05, 0.1) is 21.4 Å². The van der Waals surface area contributed by atoms with Gasteiger partial charge in [-0.3, -0.25) is 4.79 Å². The number of nitrogens with one attached hydrogen (secondary N) is 2. The number of carbonyl (C=O) groups is 1. The van der Waals surface area contributed by atoms with E-state index in [2.05, 4.69) is 10.6 Å². The number of rotatable bonds is 7. The molecule has 0 aromatic heterocycles. The summed E-state index contributed by atoms with van der Waals surface area (Å²) in [6.07, 6.45) is 0. The van der Waals surface area contributed by atoms with Gasteiger partial charge in [0.2, 0.25) is 0 Å². The van der Waals surface area contributed by atoms with Gasteiger partial charge in [-0.2, -0.15) is 0 Å². The molecule has 28 heavy (non-hydrogen) atoms. The van der Waals surface area contributed by atoms with Crippen LogP contribution in [0.2, 0.25) is 10.0 Å². The minimum Gasteiger partial charge on any atom is -0.482 e. The van der Waals surface area contributed by atoms with Crippen molar-refractivity contribution in [3.05, 3.63) is 88.2 Å². The minimum atomic E-state index is -0.510. The molecule has 0 heterocycles. The average Bonchev–Trinajstić information content (AvgIpc) is 2.68. The van der Waals surface area contributed by atoms with E-state index in [0.717, 1.165) is 11.3 Å². The maximum Gasteiger partial charge on any atom is 0.262 e. The third-order valence-electron chi connectivity index (χ3n) is 3.86. The number of ether oxygens (including phenoxy) is 1. The standard InChI is InChI=1S/C21H17Cl2FN2O2/c22-15-5-1-3-7-18(15)25-12-14-9-10-20(16(23)11-14)28-13-21(27)26-19-8-4-2-6-17(19)24/h1-11,25H,12-13H2,(H,26,27). The summed E-state index contributed by atoms with van der Waals surface area (Å²) >= 11 is 12.4. The van der Waals surface area contributed by atoms with Crippen LogP contribution < -0.4 is 15.4 Å². The Balaban J connectivity index is 1.54. The molecule has 144 valence electrons. The van der Waals surface area contributed by atoms with Crippen LogP contribution in [0.15, 0.2) is 66.7 Å². The lowest BCUT2D eigenvalue weighted by Crippen LogP contribution is -2.20. The normalized spacial score (nSPS) is 10.4. The lowest BCUT2D eigenvalue weighted by molar-refractivity contribution is -0.118. The van der Waals surface area contributed by atoms with Gasteiger partial charge in [-0.1, -0.05) is 53.5 Å². The number of amides is 1. The van der Waals surface area contributed by atoms with Crippen molar-refractivity contribution in [1.29, 1.82) is 0 Å². The molecule has 0 radical (unpaired) electrons. The maximum atomic E-state index is 13.6. The molecule has 7 heteroatoms. The third-order valence-corrected chi connectivity index (χ3v) is 4.48. The smallest absolute Gasteiger partial charge is 0.262 e. The molecule has 0 aliphatic heterocycles. The van der Waals surface area contributed by atoms with E-state index in [1.807, 2.05) is 24.3 Å². The van der Waals surface area contributed by atoms with Gasteiger partial charge in [0, 0.05) is 6.54 Å². The predicted molar refractivity (Wildman–Crippen MR) is 111 cm³/mol. The topological polar surface area (TPSA) is 50.4 Å². The Morgan fingerprint density at radius 1 is 0.929 bits per heavy atom. The molecule has 0 aliphatic rings. The summed E-state index contributed by atoms with van der Waals surface area (Å²) in [5, 5.41) is 6.68. The zero-order valence-electron chi connectivity index (χ0n) is 14.7. The quantitative estimate of drug-likeness (QED) is 0.512. The summed E-state index contributed by atoms with van der Waals surface area (Å²) in [5.41, 5.74) is 1.85. The van der Waals surface area contributed by atoms with Crippen molar-refractivity contribution in [1.82, 2.24) is 0 Å². The lowest BCUT2D eigenvalue weighted by atomic mass is 10.2. The van der Waals surface area contributed by atoms with Crippen LogP contribution >= 0.6 is 23.2 Å². The molecule has 0 unspecified atom stereocenters. The van der Waals surface area contributed by atoms with Crippen molar-refractivity contribution < 1.29 is 13.9 Å². The number of anilines is 2. The molecule has 0 fully saturated rings. The highest BCUT2D eigenvalue weighted by Crippen LogP contribution is 2.27. The first-order valence-electron chi connectivity index (χ1n) is 8.47. The summed E-state index contributed by atoms with van der Waals surface area (Å²) in [5.74, 6) is -0.623. The van der Waals surface area contributed by atoms with Crippen LogP contribution in [0.25, 0.3) is 0 Å². The molecular formula is C21H17Cl2FN2O2. The first kappa shape index (κ1) is 20.0. The highest BCUT2D eigenvalue weighted by atomic mass is 35.5. The molecule has 3 aromatic rings. The van der Waals surface area contributed by atoms with E-state index in [4.69, 9.17) is 27.9 Å². The Labute approximate surface area is 172 Å². The Bertz CT molecular complexity index is 982.